The van der Waals surface area contributed by atoms with E-state index in [0.29, 0.717) is 28.3 Å². The van der Waals surface area contributed by atoms with Gasteiger partial charge < -0.3 is 4.74 Å². The molecule has 5 heteroatoms. The zero-order chi connectivity index (χ0) is 16.6. The van der Waals surface area contributed by atoms with E-state index in [9.17, 15) is 13.2 Å². The zero-order valence-electron chi connectivity index (χ0n) is 12.4. The van der Waals surface area contributed by atoms with Gasteiger partial charge in [-0.05, 0) is 59.4 Å². The van der Waals surface area contributed by atoms with E-state index in [1.54, 1.807) is 42.5 Å². The molecule has 1 aliphatic rings. The van der Waals surface area contributed by atoms with Crippen LogP contribution in [0.4, 0.5) is 13.2 Å². The number of hydrogen-bond donors (Lipinski definition) is 0. The van der Waals surface area contributed by atoms with Gasteiger partial charge in [0, 0.05) is 10.6 Å². The van der Waals surface area contributed by atoms with Crippen LogP contribution in [-0.4, -0.2) is 13.3 Å². The summed E-state index contributed by atoms with van der Waals surface area (Å²) >= 11 is 6.02. The number of allylic oxidation sites excluding steroid dienone is 1. The van der Waals surface area contributed by atoms with Crippen LogP contribution in [0, 0.1) is 0 Å². The number of alkyl halides is 3. The molecule has 0 radical (unpaired) electrons. The molecule has 1 nitrogen and oxygen atoms in total. The van der Waals surface area contributed by atoms with E-state index in [4.69, 9.17) is 16.3 Å². The summed E-state index contributed by atoms with van der Waals surface area (Å²) in [6.45, 7) is 0. The third-order valence-corrected chi connectivity index (χ3v) is 4.24. The number of benzene rings is 2. The Morgan fingerprint density at radius 2 is 1.70 bits per heavy atom. The lowest BCUT2D eigenvalue weighted by atomic mass is 9.82. The molecule has 2 aromatic rings. The first-order chi connectivity index (χ1) is 10.9. The third-order valence-electron chi connectivity index (χ3n) is 4.01. The topological polar surface area (TPSA) is 9.23 Å². The zero-order valence-corrected chi connectivity index (χ0v) is 13.1. The highest BCUT2D eigenvalue weighted by atomic mass is 35.5. The maximum Gasteiger partial charge on any atom is 0.413 e. The molecule has 0 saturated carbocycles. The molecule has 0 aliphatic heterocycles. The lowest BCUT2D eigenvalue weighted by Crippen LogP contribution is -2.19. The highest BCUT2D eigenvalue weighted by Crippen LogP contribution is 2.44. The minimum Gasteiger partial charge on any atom is -0.497 e. The smallest absolute Gasteiger partial charge is 0.413 e. The number of aryl methyl sites for hydroxylation is 1. The molecule has 0 unspecified atom stereocenters. The Morgan fingerprint density at radius 3 is 2.30 bits per heavy atom. The second-order valence-corrected chi connectivity index (χ2v) is 5.82. The van der Waals surface area contributed by atoms with Gasteiger partial charge in [0.1, 0.15) is 5.75 Å². The van der Waals surface area contributed by atoms with Crippen molar-refractivity contribution in [2.75, 3.05) is 7.11 Å². The Kier molecular flexibility index (Phi) is 4.11. The monoisotopic (exact) mass is 338 g/mol. The molecule has 3 rings (SSSR count). The molecule has 0 saturated heterocycles. The van der Waals surface area contributed by atoms with Crippen LogP contribution in [-0.2, 0) is 6.42 Å². The van der Waals surface area contributed by atoms with Gasteiger partial charge in [-0.3, -0.25) is 0 Å². The average Bonchev–Trinajstić information content (AvgIpc) is 2.53. The van der Waals surface area contributed by atoms with Crippen molar-refractivity contribution in [2.24, 2.45) is 0 Å². The van der Waals surface area contributed by atoms with Gasteiger partial charge in [-0.25, -0.2) is 0 Å². The van der Waals surface area contributed by atoms with Crippen LogP contribution in [0.5, 0.6) is 5.75 Å². The fraction of sp³-hybridized carbons (Fsp3) is 0.222. The average molecular weight is 339 g/mol. The summed E-state index contributed by atoms with van der Waals surface area (Å²) in [6, 6.07) is 11.7. The van der Waals surface area contributed by atoms with Gasteiger partial charge in [-0.1, -0.05) is 29.8 Å². The molecule has 23 heavy (non-hydrogen) atoms. The fourth-order valence-electron chi connectivity index (χ4n) is 2.92. The molecular formula is C18H14ClF3O. The summed E-state index contributed by atoms with van der Waals surface area (Å²) in [5.74, 6) is 0.602. The second kappa shape index (κ2) is 5.93. The second-order valence-electron chi connectivity index (χ2n) is 5.38. The number of hydrogen-bond acceptors (Lipinski definition) is 1. The molecule has 0 amide bonds. The number of methoxy groups -OCH3 is 1. The Hall–Kier alpha value is -1.94. The van der Waals surface area contributed by atoms with Gasteiger partial charge in [0.2, 0.25) is 0 Å². The summed E-state index contributed by atoms with van der Waals surface area (Å²) < 4.78 is 45.6. The molecular weight excluding hydrogens is 325 g/mol. The Bertz CT molecular complexity index is 761. The van der Waals surface area contributed by atoms with E-state index < -0.39 is 11.7 Å². The molecule has 120 valence electrons. The largest absolute Gasteiger partial charge is 0.497 e. The molecule has 0 spiro atoms. The first kappa shape index (κ1) is 15.9. The van der Waals surface area contributed by atoms with Crippen LogP contribution in [0.15, 0.2) is 48.0 Å². The van der Waals surface area contributed by atoms with Crippen LogP contribution < -0.4 is 4.74 Å². The predicted molar refractivity (Wildman–Crippen MR) is 84.8 cm³/mol. The summed E-state index contributed by atoms with van der Waals surface area (Å²) in [5.41, 5.74) is 1.66. The van der Waals surface area contributed by atoms with E-state index >= 15 is 0 Å². The predicted octanol–water partition coefficient (Wildman–Crippen LogP) is 5.66. The van der Waals surface area contributed by atoms with Crippen molar-refractivity contribution in [3.05, 3.63) is 69.8 Å². The maximum atomic E-state index is 13.5. The number of halogens is 4. The lowest BCUT2D eigenvalue weighted by molar-refractivity contribution is -0.0934. The minimum absolute atomic E-state index is 0.0283. The number of ether oxygens (including phenoxy) is 1. The summed E-state index contributed by atoms with van der Waals surface area (Å²) in [7, 11) is 1.52. The van der Waals surface area contributed by atoms with Crippen molar-refractivity contribution in [2.45, 2.75) is 19.0 Å². The van der Waals surface area contributed by atoms with E-state index in [1.807, 2.05) is 0 Å². The molecule has 0 heterocycles. The first-order valence-electron chi connectivity index (χ1n) is 7.13. The van der Waals surface area contributed by atoms with Crippen LogP contribution in [0.25, 0.3) is 5.57 Å². The van der Waals surface area contributed by atoms with E-state index in [2.05, 4.69) is 0 Å². The highest BCUT2D eigenvalue weighted by molar-refractivity contribution is 6.30. The molecule has 1 aliphatic carbocycles. The summed E-state index contributed by atoms with van der Waals surface area (Å²) in [6.07, 6.45) is -4.03. The van der Waals surface area contributed by atoms with Crippen molar-refractivity contribution in [3.63, 3.8) is 0 Å². The van der Waals surface area contributed by atoms with Gasteiger partial charge in [0.05, 0.1) is 7.11 Å². The van der Waals surface area contributed by atoms with Crippen LogP contribution in [0.3, 0.4) is 0 Å². The van der Waals surface area contributed by atoms with Crippen LogP contribution in [0.2, 0.25) is 5.02 Å². The normalized spacial score (nSPS) is 14.7. The van der Waals surface area contributed by atoms with Crippen molar-refractivity contribution in [3.8, 4) is 5.75 Å². The Labute approximate surface area is 137 Å². The van der Waals surface area contributed by atoms with E-state index in [1.165, 1.54) is 7.11 Å². The standard InChI is InChI=1S/C18H14ClF3O/c1-23-14-7-3-12(4-8-14)17-15-10-13(19)6-2-11(15)5-9-16(17)18(20,21)22/h2-4,6-8,10H,5,9H2,1H3. The molecule has 2 aromatic carbocycles. The molecule has 0 aromatic heterocycles. The molecule has 0 fully saturated rings. The lowest BCUT2D eigenvalue weighted by Gasteiger charge is -2.25. The molecule has 0 N–H and O–H groups in total. The van der Waals surface area contributed by atoms with Gasteiger partial charge in [-0.15, -0.1) is 0 Å². The van der Waals surface area contributed by atoms with Crippen LogP contribution >= 0.6 is 11.6 Å². The van der Waals surface area contributed by atoms with Crippen molar-refractivity contribution >= 4 is 17.2 Å². The molecule has 0 bridgehead atoms. The van der Waals surface area contributed by atoms with Gasteiger partial charge in [-0.2, -0.15) is 13.2 Å². The Balaban J connectivity index is 2.24. The number of fused-ring (bicyclic) bond motifs is 1. The number of rotatable bonds is 2. The van der Waals surface area contributed by atoms with Gasteiger partial charge in [0.15, 0.2) is 0 Å². The highest BCUT2D eigenvalue weighted by Gasteiger charge is 2.38. The first-order valence-corrected chi connectivity index (χ1v) is 7.51. The van der Waals surface area contributed by atoms with Gasteiger partial charge in [0.25, 0.3) is 0 Å². The quantitative estimate of drug-likeness (QED) is 0.686. The van der Waals surface area contributed by atoms with Crippen LogP contribution in [0.1, 0.15) is 23.1 Å². The maximum absolute atomic E-state index is 13.5. The van der Waals surface area contributed by atoms with Crippen molar-refractivity contribution < 1.29 is 17.9 Å². The SMILES string of the molecule is COc1ccc(C2=C(C(F)(F)F)CCc3ccc(Cl)cc32)cc1. The van der Waals surface area contributed by atoms with Crippen molar-refractivity contribution in [1.29, 1.82) is 0 Å². The van der Waals surface area contributed by atoms with E-state index in [0.717, 1.165) is 5.56 Å². The summed E-state index contributed by atoms with van der Waals surface area (Å²) in [4.78, 5) is 0. The summed E-state index contributed by atoms with van der Waals surface area (Å²) in [5, 5.41) is 0.429. The van der Waals surface area contributed by atoms with Crippen molar-refractivity contribution in [1.82, 2.24) is 0 Å². The molecule has 0 atom stereocenters. The van der Waals surface area contributed by atoms with E-state index in [-0.39, 0.29) is 12.0 Å². The van der Waals surface area contributed by atoms with Gasteiger partial charge >= 0.3 is 6.18 Å². The fourth-order valence-corrected chi connectivity index (χ4v) is 3.09. The third kappa shape index (κ3) is 3.08. The minimum atomic E-state index is -4.37. The Morgan fingerprint density at radius 1 is 1.00 bits per heavy atom.